The van der Waals surface area contributed by atoms with Gasteiger partial charge in [-0.1, -0.05) is 24.6 Å². The number of hydrogen-bond donors (Lipinski definition) is 1. The SMILES string of the molecule is COc1ccccc1CCNC(=O)[C@H]1CCCCN1S(C)(=O)=O. The van der Waals surface area contributed by atoms with Crippen LogP contribution in [-0.2, 0) is 21.2 Å². The van der Waals surface area contributed by atoms with E-state index in [1.165, 1.54) is 4.31 Å². The van der Waals surface area contributed by atoms with Crippen molar-refractivity contribution >= 4 is 15.9 Å². The lowest BCUT2D eigenvalue weighted by Crippen LogP contribution is -2.51. The van der Waals surface area contributed by atoms with Gasteiger partial charge < -0.3 is 10.1 Å². The van der Waals surface area contributed by atoms with Crippen molar-refractivity contribution in [3.63, 3.8) is 0 Å². The number of amides is 1. The van der Waals surface area contributed by atoms with Crippen LogP contribution in [0.5, 0.6) is 5.75 Å². The maximum Gasteiger partial charge on any atom is 0.238 e. The minimum Gasteiger partial charge on any atom is -0.496 e. The molecule has 1 aromatic rings. The summed E-state index contributed by atoms with van der Waals surface area (Å²) in [5.74, 6) is 0.571. The first kappa shape index (κ1) is 17.7. The molecule has 1 heterocycles. The predicted octanol–water partition coefficient (Wildman–Crippen LogP) is 1.17. The third-order valence-electron chi connectivity index (χ3n) is 4.07. The number of piperidine rings is 1. The number of carbonyl (C=O) groups excluding carboxylic acids is 1. The first-order valence-corrected chi connectivity index (χ1v) is 9.64. The maximum atomic E-state index is 12.4. The smallest absolute Gasteiger partial charge is 0.238 e. The molecule has 23 heavy (non-hydrogen) atoms. The largest absolute Gasteiger partial charge is 0.496 e. The molecular formula is C16H24N2O4S. The Morgan fingerprint density at radius 1 is 1.35 bits per heavy atom. The van der Waals surface area contributed by atoms with Gasteiger partial charge in [-0.05, 0) is 30.9 Å². The van der Waals surface area contributed by atoms with Gasteiger partial charge in [0.2, 0.25) is 15.9 Å². The lowest BCUT2D eigenvalue weighted by atomic mass is 10.0. The van der Waals surface area contributed by atoms with Gasteiger partial charge in [-0.3, -0.25) is 4.79 Å². The number of nitrogens with one attached hydrogen (secondary N) is 1. The summed E-state index contributed by atoms with van der Waals surface area (Å²) >= 11 is 0. The van der Waals surface area contributed by atoms with E-state index in [2.05, 4.69) is 5.32 Å². The number of sulfonamides is 1. The van der Waals surface area contributed by atoms with E-state index in [1.807, 2.05) is 24.3 Å². The third-order valence-corrected chi connectivity index (χ3v) is 5.36. The molecule has 0 radical (unpaired) electrons. The van der Waals surface area contributed by atoms with Crippen molar-refractivity contribution in [1.82, 2.24) is 9.62 Å². The molecule has 0 spiro atoms. The normalized spacial score (nSPS) is 19.3. The number of nitrogens with zero attached hydrogens (tertiary/aromatic N) is 1. The molecule has 7 heteroatoms. The maximum absolute atomic E-state index is 12.4. The van der Waals surface area contributed by atoms with E-state index in [9.17, 15) is 13.2 Å². The van der Waals surface area contributed by atoms with Gasteiger partial charge in [0.15, 0.2) is 0 Å². The number of rotatable bonds is 6. The fraction of sp³-hybridized carbons (Fsp3) is 0.562. The van der Waals surface area contributed by atoms with Crippen LogP contribution in [-0.4, -0.2) is 51.1 Å². The molecule has 0 bridgehead atoms. The molecule has 6 nitrogen and oxygen atoms in total. The third kappa shape index (κ3) is 4.68. The van der Waals surface area contributed by atoms with Crippen LogP contribution < -0.4 is 10.1 Å². The Bertz CT molecular complexity index is 645. The molecule has 1 aliphatic heterocycles. The molecule has 1 saturated heterocycles. The van der Waals surface area contributed by atoms with Crippen molar-refractivity contribution in [2.45, 2.75) is 31.7 Å². The second kappa shape index (κ2) is 7.79. The number of hydrogen-bond acceptors (Lipinski definition) is 4. The second-order valence-electron chi connectivity index (χ2n) is 5.74. The van der Waals surface area contributed by atoms with E-state index in [4.69, 9.17) is 4.74 Å². The molecule has 1 atom stereocenters. The van der Waals surface area contributed by atoms with Gasteiger partial charge in [-0.25, -0.2) is 8.42 Å². The highest BCUT2D eigenvalue weighted by atomic mass is 32.2. The number of ether oxygens (including phenoxy) is 1. The Morgan fingerprint density at radius 3 is 2.78 bits per heavy atom. The highest BCUT2D eigenvalue weighted by molar-refractivity contribution is 7.88. The van der Waals surface area contributed by atoms with Crippen molar-refractivity contribution in [3.05, 3.63) is 29.8 Å². The molecule has 1 aliphatic rings. The molecule has 0 saturated carbocycles. The number of methoxy groups -OCH3 is 1. The molecule has 1 aromatic carbocycles. The Kier molecular flexibility index (Phi) is 6.01. The van der Waals surface area contributed by atoms with Gasteiger partial charge in [-0.2, -0.15) is 4.31 Å². The molecule has 1 amide bonds. The number of carbonyl (C=O) groups is 1. The zero-order chi connectivity index (χ0) is 16.9. The first-order chi connectivity index (χ1) is 10.9. The van der Waals surface area contributed by atoms with Crippen LogP contribution in [0.1, 0.15) is 24.8 Å². The summed E-state index contributed by atoms with van der Waals surface area (Å²) < 4.78 is 30.2. The number of para-hydroxylation sites is 1. The minimum absolute atomic E-state index is 0.218. The van der Waals surface area contributed by atoms with Crippen LogP contribution in [0.25, 0.3) is 0 Å². The summed E-state index contributed by atoms with van der Waals surface area (Å²) in [5.41, 5.74) is 1.01. The summed E-state index contributed by atoms with van der Waals surface area (Å²) in [7, 11) is -1.74. The van der Waals surface area contributed by atoms with Crippen molar-refractivity contribution in [1.29, 1.82) is 0 Å². The predicted molar refractivity (Wildman–Crippen MR) is 88.9 cm³/mol. The summed E-state index contributed by atoms with van der Waals surface area (Å²) in [6, 6.07) is 7.06. The second-order valence-corrected chi connectivity index (χ2v) is 7.67. The Hall–Kier alpha value is -1.60. The van der Waals surface area contributed by atoms with E-state index < -0.39 is 16.1 Å². The van der Waals surface area contributed by atoms with Crippen molar-refractivity contribution in [3.8, 4) is 5.75 Å². The average molecular weight is 340 g/mol. The zero-order valence-corrected chi connectivity index (χ0v) is 14.4. The highest BCUT2D eigenvalue weighted by Crippen LogP contribution is 2.20. The van der Waals surface area contributed by atoms with Crippen LogP contribution in [0.3, 0.4) is 0 Å². The van der Waals surface area contributed by atoms with E-state index >= 15 is 0 Å². The summed E-state index contributed by atoms with van der Waals surface area (Å²) in [6.45, 7) is 0.872. The van der Waals surface area contributed by atoms with Crippen LogP contribution in [0.15, 0.2) is 24.3 Å². The highest BCUT2D eigenvalue weighted by Gasteiger charge is 2.34. The molecule has 2 rings (SSSR count). The Morgan fingerprint density at radius 2 is 2.09 bits per heavy atom. The van der Waals surface area contributed by atoms with Crippen LogP contribution in [0, 0.1) is 0 Å². The van der Waals surface area contributed by atoms with E-state index in [0.29, 0.717) is 25.9 Å². The molecule has 1 fully saturated rings. The first-order valence-electron chi connectivity index (χ1n) is 7.80. The van der Waals surface area contributed by atoms with Crippen LogP contribution >= 0.6 is 0 Å². The molecule has 1 N–H and O–H groups in total. The average Bonchev–Trinajstić information content (AvgIpc) is 2.54. The zero-order valence-electron chi connectivity index (χ0n) is 13.6. The number of benzene rings is 1. The van der Waals surface area contributed by atoms with Crippen LogP contribution in [0.4, 0.5) is 0 Å². The quantitative estimate of drug-likeness (QED) is 0.843. The summed E-state index contributed by atoms with van der Waals surface area (Å²) in [4.78, 5) is 12.4. The lowest BCUT2D eigenvalue weighted by Gasteiger charge is -2.32. The lowest BCUT2D eigenvalue weighted by molar-refractivity contribution is -0.125. The van der Waals surface area contributed by atoms with Crippen molar-refractivity contribution < 1.29 is 17.9 Å². The van der Waals surface area contributed by atoms with E-state index in [0.717, 1.165) is 30.4 Å². The van der Waals surface area contributed by atoms with Crippen LogP contribution in [0.2, 0.25) is 0 Å². The van der Waals surface area contributed by atoms with Gasteiger partial charge in [-0.15, -0.1) is 0 Å². The van der Waals surface area contributed by atoms with Crippen molar-refractivity contribution in [2.24, 2.45) is 0 Å². The summed E-state index contributed by atoms with van der Waals surface area (Å²) in [5, 5.41) is 2.85. The molecule has 128 valence electrons. The molecule has 0 aliphatic carbocycles. The molecule has 0 unspecified atom stereocenters. The topological polar surface area (TPSA) is 75.7 Å². The minimum atomic E-state index is -3.36. The Labute approximate surface area is 137 Å². The monoisotopic (exact) mass is 340 g/mol. The van der Waals surface area contributed by atoms with Gasteiger partial charge in [0, 0.05) is 13.1 Å². The standard InChI is InChI=1S/C16H24N2O4S/c1-22-15-9-4-3-7-13(15)10-11-17-16(19)14-8-5-6-12-18(14)23(2,20)21/h3-4,7,9,14H,5-6,8,10-12H2,1-2H3,(H,17,19)/t14-/m1/s1. The van der Waals surface area contributed by atoms with E-state index in [-0.39, 0.29) is 5.91 Å². The van der Waals surface area contributed by atoms with Gasteiger partial charge >= 0.3 is 0 Å². The summed E-state index contributed by atoms with van der Waals surface area (Å²) in [6.07, 6.45) is 4.05. The van der Waals surface area contributed by atoms with Gasteiger partial charge in [0.05, 0.1) is 13.4 Å². The van der Waals surface area contributed by atoms with Gasteiger partial charge in [0.25, 0.3) is 0 Å². The Balaban J connectivity index is 1.93. The van der Waals surface area contributed by atoms with Crippen molar-refractivity contribution in [2.75, 3.05) is 26.5 Å². The fourth-order valence-corrected chi connectivity index (χ4v) is 4.04. The molecule has 0 aromatic heterocycles. The fourth-order valence-electron chi connectivity index (χ4n) is 2.91. The van der Waals surface area contributed by atoms with E-state index in [1.54, 1.807) is 7.11 Å². The van der Waals surface area contributed by atoms with Gasteiger partial charge in [0.1, 0.15) is 11.8 Å². The molecular weight excluding hydrogens is 316 g/mol.